The van der Waals surface area contributed by atoms with Crippen molar-refractivity contribution in [3.63, 3.8) is 0 Å². The Balaban J connectivity index is 0.00000312. The Morgan fingerprint density at radius 1 is 1.36 bits per heavy atom. The van der Waals surface area contributed by atoms with E-state index in [4.69, 9.17) is 15.2 Å². The predicted octanol–water partition coefficient (Wildman–Crippen LogP) is 3.99. The molecule has 0 atom stereocenters. The van der Waals surface area contributed by atoms with Crippen LogP contribution in [0, 0.1) is 5.92 Å². The largest absolute Gasteiger partial charge is 0.381 e. The van der Waals surface area contributed by atoms with Crippen LogP contribution in [0.5, 0.6) is 0 Å². The van der Waals surface area contributed by atoms with Crippen LogP contribution in [0.1, 0.15) is 44.6 Å². The quantitative estimate of drug-likeness (QED) is 0.266. The summed E-state index contributed by atoms with van der Waals surface area (Å²) in [4.78, 5) is 4.36. The van der Waals surface area contributed by atoms with Crippen molar-refractivity contribution < 1.29 is 9.47 Å². The summed E-state index contributed by atoms with van der Waals surface area (Å²) in [7, 11) is 0. The van der Waals surface area contributed by atoms with Gasteiger partial charge in [0.25, 0.3) is 0 Å². The third kappa shape index (κ3) is 8.87. The van der Waals surface area contributed by atoms with Gasteiger partial charge < -0.3 is 20.5 Å². The molecule has 5 nitrogen and oxygen atoms in total. The van der Waals surface area contributed by atoms with E-state index in [9.17, 15) is 0 Å². The Morgan fingerprint density at radius 3 is 2.84 bits per heavy atom. The molecule has 1 saturated heterocycles. The number of rotatable bonds is 8. The molecule has 3 N–H and O–H groups in total. The summed E-state index contributed by atoms with van der Waals surface area (Å²) in [6.07, 6.45) is 3.12. The maximum absolute atomic E-state index is 5.95. The van der Waals surface area contributed by atoms with Crippen LogP contribution < -0.4 is 11.1 Å². The van der Waals surface area contributed by atoms with E-state index in [0.717, 1.165) is 51.4 Å². The fourth-order valence-corrected chi connectivity index (χ4v) is 2.69. The van der Waals surface area contributed by atoms with Crippen LogP contribution in [0.4, 0.5) is 5.69 Å². The van der Waals surface area contributed by atoms with E-state index in [1.165, 1.54) is 5.56 Å². The molecule has 25 heavy (non-hydrogen) atoms. The summed E-state index contributed by atoms with van der Waals surface area (Å²) in [5.74, 6) is 1.61. The molecule has 2 rings (SSSR count). The molecule has 1 aliphatic rings. The van der Waals surface area contributed by atoms with E-state index in [0.29, 0.717) is 24.3 Å². The number of nitrogens with zero attached hydrogens (tertiary/aromatic N) is 1. The van der Waals surface area contributed by atoms with Gasteiger partial charge in [-0.25, -0.2) is 0 Å². The Hall–Kier alpha value is -0.860. The summed E-state index contributed by atoms with van der Waals surface area (Å²) in [5.41, 5.74) is 8.22. The predicted molar refractivity (Wildman–Crippen MR) is 115 cm³/mol. The van der Waals surface area contributed by atoms with Gasteiger partial charge in [-0.3, -0.25) is 4.99 Å². The maximum atomic E-state index is 5.95. The van der Waals surface area contributed by atoms with Crippen molar-refractivity contribution in [2.75, 3.05) is 38.3 Å². The number of anilines is 1. The van der Waals surface area contributed by atoms with Gasteiger partial charge >= 0.3 is 0 Å². The van der Waals surface area contributed by atoms with Crippen LogP contribution in [0.15, 0.2) is 29.3 Å². The molecule has 142 valence electrons. The first-order chi connectivity index (χ1) is 11.6. The van der Waals surface area contributed by atoms with Crippen molar-refractivity contribution in [3.8, 4) is 0 Å². The molecule has 0 bridgehead atoms. The van der Waals surface area contributed by atoms with Crippen molar-refractivity contribution in [3.05, 3.63) is 29.8 Å². The van der Waals surface area contributed by atoms with Crippen molar-refractivity contribution in [1.82, 2.24) is 0 Å². The zero-order valence-electron chi connectivity index (χ0n) is 15.4. The van der Waals surface area contributed by atoms with Gasteiger partial charge in [0, 0.05) is 38.7 Å². The second-order valence-corrected chi connectivity index (χ2v) is 6.66. The second-order valence-electron chi connectivity index (χ2n) is 6.66. The van der Waals surface area contributed by atoms with Crippen molar-refractivity contribution in [2.45, 2.75) is 39.0 Å². The Bertz CT molecular complexity index is 517. The first-order valence-corrected chi connectivity index (χ1v) is 8.97. The van der Waals surface area contributed by atoms with Gasteiger partial charge in [0.1, 0.15) is 0 Å². The number of guanidine groups is 1. The van der Waals surface area contributed by atoms with E-state index in [1.807, 2.05) is 12.1 Å². The average molecular weight is 461 g/mol. The highest BCUT2D eigenvalue weighted by Gasteiger charge is 2.13. The molecule has 6 heteroatoms. The van der Waals surface area contributed by atoms with Crippen LogP contribution in [-0.4, -0.2) is 38.9 Å². The van der Waals surface area contributed by atoms with E-state index < -0.39 is 0 Å². The minimum atomic E-state index is 0. The van der Waals surface area contributed by atoms with Gasteiger partial charge in [0.2, 0.25) is 0 Å². The van der Waals surface area contributed by atoms with E-state index in [2.05, 4.69) is 36.3 Å². The number of aliphatic imine (C=N–C) groups is 1. The standard InChI is InChI=1S/C19H31N3O2.HI/c1-15(2)17-5-3-6-18(13-17)22-19(20)21-9-4-10-24-14-16-7-11-23-12-8-16;/h3,5-6,13,15-16H,4,7-12,14H2,1-2H3,(H3,20,21,22);1H. The highest BCUT2D eigenvalue weighted by molar-refractivity contribution is 14.0. The molecule has 0 saturated carbocycles. The third-order valence-corrected chi connectivity index (χ3v) is 4.25. The molecule has 1 aromatic rings. The van der Waals surface area contributed by atoms with Gasteiger partial charge in [-0.2, -0.15) is 0 Å². The van der Waals surface area contributed by atoms with E-state index in [-0.39, 0.29) is 24.0 Å². The van der Waals surface area contributed by atoms with Crippen LogP contribution in [0.3, 0.4) is 0 Å². The van der Waals surface area contributed by atoms with Gasteiger partial charge in [0.05, 0.1) is 0 Å². The molecule has 1 aromatic carbocycles. The lowest BCUT2D eigenvalue weighted by Crippen LogP contribution is -2.23. The first-order valence-electron chi connectivity index (χ1n) is 8.97. The molecule has 0 radical (unpaired) electrons. The smallest absolute Gasteiger partial charge is 0.193 e. The number of halogens is 1. The number of benzene rings is 1. The van der Waals surface area contributed by atoms with Crippen LogP contribution >= 0.6 is 24.0 Å². The van der Waals surface area contributed by atoms with Crippen molar-refractivity contribution in [1.29, 1.82) is 0 Å². The average Bonchev–Trinajstić information content (AvgIpc) is 2.59. The molecule has 0 aliphatic carbocycles. The van der Waals surface area contributed by atoms with E-state index in [1.54, 1.807) is 0 Å². The van der Waals surface area contributed by atoms with Gasteiger partial charge in [0.15, 0.2) is 5.96 Å². The molecule has 0 amide bonds. The van der Waals surface area contributed by atoms with Crippen LogP contribution in [0.25, 0.3) is 0 Å². The van der Waals surface area contributed by atoms with Crippen molar-refractivity contribution in [2.24, 2.45) is 16.6 Å². The SMILES string of the molecule is CC(C)c1cccc(NC(N)=NCCCOCC2CCOCC2)c1.I. The molecular weight excluding hydrogens is 429 g/mol. The lowest BCUT2D eigenvalue weighted by atomic mass is 10.0. The number of hydrogen-bond donors (Lipinski definition) is 2. The van der Waals surface area contributed by atoms with Gasteiger partial charge in [-0.1, -0.05) is 26.0 Å². The molecule has 1 heterocycles. The summed E-state index contributed by atoms with van der Waals surface area (Å²) >= 11 is 0. The Morgan fingerprint density at radius 2 is 2.12 bits per heavy atom. The topological polar surface area (TPSA) is 68.9 Å². The Kier molecular flexibility index (Phi) is 11.1. The number of hydrogen-bond acceptors (Lipinski definition) is 3. The van der Waals surface area contributed by atoms with Gasteiger partial charge in [-0.15, -0.1) is 24.0 Å². The highest BCUT2D eigenvalue weighted by Crippen LogP contribution is 2.18. The molecule has 1 aliphatic heterocycles. The number of nitrogens with two attached hydrogens (primary N) is 1. The normalized spacial score (nSPS) is 15.9. The Labute approximate surface area is 168 Å². The van der Waals surface area contributed by atoms with E-state index >= 15 is 0 Å². The highest BCUT2D eigenvalue weighted by atomic mass is 127. The minimum Gasteiger partial charge on any atom is -0.381 e. The summed E-state index contributed by atoms with van der Waals surface area (Å²) in [5, 5.41) is 3.15. The van der Waals surface area contributed by atoms with Crippen LogP contribution in [0.2, 0.25) is 0 Å². The van der Waals surface area contributed by atoms with Crippen molar-refractivity contribution >= 4 is 35.6 Å². The molecule has 0 unspecified atom stereocenters. The zero-order valence-corrected chi connectivity index (χ0v) is 17.7. The van der Waals surface area contributed by atoms with Gasteiger partial charge in [-0.05, 0) is 48.8 Å². The molecular formula is C19H32IN3O2. The fraction of sp³-hybridized carbons (Fsp3) is 0.632. The lowest BCUT2D eigenvalue weighted by Gasteiger charge is -2.21. The lowest BCUT2D eigenvalue weighted by molar-refractivity contribution is 0.0205. The third-order valence-electron chi connectivity index (χ3n) is 4.25. The fourth-order valence-electron chi connectivity index (χ4n) is 2.69. The summed E-state index contributed by atoms with van der Waals surface area (Å²) in [6, 6.07) is 8.28. The monoisotopic (exact) mass is 461 g/mol. The van der Waals surface area contributed by atoms with Crippen LogP contribution in [-0.2, 0) is 9.47 Å². The zero-order chi connectivity index (χ0) is 17.2. The summed E-state index contributed by atoms with van der Waals surface area (Å²) in [6.45, 7) is 8.35. The number of nitrogens with one attached hydrogen (secondary N) is 1. The summed E-state index contributed by atoms with van der Waals surface area (Å²) < 4.78 is 11.1. The number of ether oxygens (including phenoxy) is 2. The molecule has 1 fully saturated rings. The minimum absolute atomic E-state index is 0. The maximum Gasteiger partial charge on any atom is 0.193 e. The molecule has 0 spiro atoms. The first kappa shape index (κ1) is 22.2. The molecule has 0 aromatic heterocycles. The second kappa shape index (κ2) is 12.5.